The first kappa shape index (κ1) is 18.0. The number of carbonyl (C=O) groups excluding carboxylic acids is 1. The normalized spacial score (nSPS) is 14.8. The molecular formula is C19H18F2N6O. The fraction of sp³-hybridized carbons (Fsp3) is 0.263. The average molecular weight is 384 g/mol. The number of carbonyl (C=O) groups is 1. The maximum absolute atomic E-state index is 12.3. The van der Waals surface area contributed by atoms with Crippen LogP contribution in [0.15, 0.2) is 35.5 Å². The second-order valence-electron chi connectivity index (χ2n) is 6.59. The minimum absolute atomic E-state index is 0.294. The molecule has 7 nitrogen and oxygen atoms in total. The lowest BCUT2D eigenvalue weighted by molar-refractivity contribution is -0.124. The molecule has 1 aromatic carbocycles. The summed E-state index contributed by atoms with van der Waals surface area (Å²) in [6.07, 6.45) is 2.74. The zero-order chi connectivity index (χ0) is 19.8. The van der Waals surface area contributed by atoms with E-state index < -0.39 is 24.9 Å². The van der Waals surface area contributed by atoms with Gasteiger partial charge < -0.3 is 11.1 Å². The Bertz CT molecular complexity index is 1130. The van der Waals surface area contributed by atoms with E-state index in [0.29, 0.717) is 28.8 Å². The number of aliphatic imine (C=N–C) groups is 1. The first-order valence-corrected chi connectivity index (χ1v) is 8.77. The Morgan fingerprint density at radius 1 is 1.36 bits per heavy atom. The van der Waals surface area contributed by atoms with Crippen molar-refractivity contribution in [3.63, 3.8) is 0 Å². The van der Waals surface area contributed by atoms with Gasteiger partial charge in [0.1, 0.15) is 17.4 Å². The van der Waals surface area contributed by atoms with Gasteiger partial charge in [-0.25, -0.2) is 13.8 Å². The van der Waals surface area contributed by atoms with Gasteiger partial charge in [-0.3, -0.25) is 14.5 Å². The molecule has 3 aromatic rings. The van der Waals surface area contributed by atoms with Gasteiger partial charge in [0.2, 0.25) is 5.91 Å². The summed E-state index contributed by atoms with van der Waals surface area (Å²) in [6.45, 7) is 1.52. The number of halogens is 2. The number of pyridine rings is 1. The number of rotatable bonds is 5. The zero-order valence-corrected chi connectivity index (χ0v) is 15.1. The summed E-state index contributed by atoms with van der Waals surface area (Å²) < 4.78 is 26.1. The second kappa shape index (κ2) is 6.99. The molecule has 0 aliphatic carbocycles. The number of allylic oxidation sites excluding steroid dienone is 1. The van der Waals surface area contributed by atoms with Gasteiger partial charge in [-0.05, 0) is 36.3 Å². The number of nitrogens with zero attached hydrogens (tertiary/aromatic N) is 4. The van der Waals surface area contributed by atoms with Crippen LogP contribution in [0, 0.1) is 0 Å². The van der Waals surface area contributed by atoms with Gasteiger partial charge in [0, 0.05) is 17.8 Å². The summed E-state index contributed by atoms with van der Waals surface area (Å²) >= 11 is 0. The van der Waals surface area contributed by atoms with E-state index >= 15 is 0 Å². The fourth-order valence-corrected chi connectivity index (χ4v) is 3.17. The third kappa shape index (κ3) is 3.19. The summed E-state index contributed by atoms with van der Waals surface area (Å²) in [5, 5.41) is 8.09. The van der Waals surface area contributed by atoms with Crippen LogP contribution in [0.4, 0.5) is 14.6 Å². The monoisotopic (exact) mass is 384 g/mol. The van der Waals surface area contributed by atoms with Crippen LogP contribution in [0.5, 0.6) is 0 Å². The molecule has 1 atom stereocenters. The van der Waals surface area contributed by atoms with Gasteiger partial charge in [0.25, 0.3) is 6.43 Å². The van der Waals surface area contributed by atoms with E-state index in [-0.39, 0.29) is 0 Å². The number of fused-ring (bicyclic) bond motifs is 3. The predicted molar refractivity (Wildman–Crippen MR) is 105 cm³/mol. The fourth-order valence-electron chi connectivity index (χ4n) is 3.17. The van der Waals surface area contributed by atoms with Crippen LogP contribution in [0.25, 0.3) is 27.4 Å². The summed E-state index contributed by atoms with van der Waals surface area (Å²) in [6, 6.07) is 5.06. The van der Waals surface area contributed by atoms with Crippen molar-refractivity contribution in [2.45, 2.75) is 19.4 Å². The largest absolute Gasteiger partial charge is 0.383 e. The maximum atomic E-state index is 12.3. The van der Waals surface area contributed by atoms with Crippen LogP contribution in [0.2, 0.25) is 0 Å². The van der Waals surface area contributed by atoms with E-state index in [1.165, 1.54) is 4.68 Å². The third-order valence-electron chi connectivity index (χ3n) is 4.72. The molecule has 3 N–H and O–H groups in total. The Morgan fingerprint density at radius 3 is 2.89 bits per heavy atom. The molecule has 0 saturated heterocycles. The number of hydrogen-bond donors (Lipinski definition) is 2. The molecule has 0 bridgehead atoms. The molecule has 3 heterocycles. The quantitative estimate of drug-likeness (QED) is 0.706. The number of anilines is 1. The first-order chi connectivity index (χ1) is 13.4. The molecule has 1 aliphatic rings. The Morgan fingerprint density at radius 2 is 2.18 bits per heavy atom. The number of aromatic nitrogens is 3. The SMILES string of the molecule is CC(C(=O)NCC(F)F)n1cc2c(N)nc3cc(C4=CC=NC4)ccc3c2n1. The van der Waals surface area contributed by atoms with Crippen molar-refractivity contribution in [3.05, 3.63) is 36.0 Å². The van der Waals surface area contributed by atoms with E-state index in [4.69, 9.17) is 5.73 Å². The highest BCUT2D eigenvalue weighted by Gasteiger charge is 2.20. The predicted octanol–water partition coefficient (Wildman–Crippen LogP) is 2.58. The van der Waals surface area contributed by atoms with Crippen LogP contribution in [-0.4, -0.2) is 46.4 Å². The smallest absolute Gasteiger partial charge is 0.255 e. The van der Waals surface area contributed by atoms with Crippen LogP contribution < -0.4 is 11.1 Å². The van der Waals surface area contributed by atoms with Crippen molar-refractivity contribution in [2.75, 3.05) is 18.8 Å². The number of nitrogens with one attached hydrogen (secondary N) is 1. The summed E-state index contributed by atoms with van der Waals surface area (Å²) in [4.78, 5) is 20.8. The minimum atomic E-state index is -2.61. The van der Waals surface area contributed by atoms with Crippen molar-refractivity contribution < 1.29 is 13.6 Å². The van der Waals surface area contributed by atoms with Crippen LogP contribution >= 0.6 is 0 Å². The number of benzene rings is 1. The molecule has 0 radical (unpaired) electrons. The van der Waals surface area contributed by atoms with E-state index in [1.807, 2.05) is 24.3 Å². The zero-order valence-electron chi connectivity index (χ0n) is 15.1. The van der Waals surface area contributed by atoms with Gasteiger partial charge in [0.15, 0.2) is 0 Å². The molecular weight excluding hydrogens is 366 g/mol. The van der Waals surface area contributed by atoms with E-state index in [2.05, 4.69) is 20.4 Å². The molecule has 4 rings (SSSR count). The van der Waals surface area contributed by atoms with Crippen molar-refractivity contribution in [1.82, 2.24) is 20.1 Å². The molecule has 28 heavy (non-hydrogen) atoms. The summed E-state index contributed by atoms with van der Waals surface area (Å²) in [5.74, 6) is -0.248. The van der Waals surface area contributed by atoms with E-state index in [9.17, 15) is 13.6 Å². The molecule has 0 spiro atoms. The van der Waals surface area contributed by atoms with Crippen molar-refractivity contribution in [3.8, 4) is 0 Å². The summed E-state index contributed by atoms with van der Waals surface area (Å²) in [5.41, 5.74) is 9.52. The van der Waals surface area contributed by atoms with Crippen molar-refractivity contribution in [1.29, 1.82) is 0 Å². The lowest BCUT2D eigenvalue weighted by Crippen LogP contribution is -2.34. The lowest BCUT2D eigenvalue weighted by atomic mass is 10.0. The van der Waals surface area contributed by atoms with E-state index in [1.54, 1.807) is 19.3 Å². The molecule has 1 amide bonds. The van der Waals surface area contributed by atoms with Gasteiger partial charge >= 0.3 is 0 Å². The highest BCUT2D eigenvalue weighted by molar-refractivity contribution is 6.08. The van der Waals surface area contributed by atoms with Crippen molar-refractivity contribution >= 4 is 45.3 Å². The minimum Gasteiger partial charge on any atom is -0.383 e. The highest BCUT2D eigenvalue weighted by Crippen LogP contribution is 2.30. The standard InChI is InChI=1S/C19H18F2N6O/c1-10(19(28)24-8-16(20)21)27-9-14-17(26-27)13-3-2-11(12-4-5-23-7-12)6-15(13)25-18(14)22/h2-6,9-10,16H,7-8H2,1H3,(H2,22,25)(H,24,28). The Labute approximate surface area is 158 Å². The van der Waals surface area contributed by atoms with Gasteiger partial charge in [-0.2, -0.15) is 5.10 Å². The van der Waals surface area contributed by atoms with Gasteiger partial charge in [0.05, 0.1) is 24.0 Å². The van der Waals surface area contributed by atoms with E-state index in [0.717, 1.165) is 16.5 Å². The van der Waals surface area contributed by atoms with Crippen LogP contribution in [-0.2, 0) is 4.79 Å². The molecule has 1 unspecified atom stereocenters. The number of nitrogen functional groups attached to an aromatic ring is 1. The Hall–Kier alpha value is -3.36. The van der Waals surface area contributed by atoms with Crippen LogP contribution in [0.1, 0.15) is 18.5 Å². The molecule has 0 saturated carbocycles. The Kier molecular flexibility index (Phi) is 4.50. The lowest BCUT2D eigenvalue weighted by Gasteiger charge is -2.12. The molecule has 0 fully saturated rings. The average Bonchev–Trinajstić information content (AvgIpc) is 3.35. The number of amides is 1. The van der Waals surface area contributed by atoms with Crippen molar-refractivity contribution in [2.24, 2.45) is 4.99 Å². The molecule has 144 valence electrons. The first-order valence-electron chi connectivity index (χ1n) is 8.77. The molecule has 9 heteroatoms. The molecule has 2 aromatic heterocycles. The number of alkyl halides is 2. The second-order valence-corrected chi connectivity index (χ2v) is 6.59. The maximum Gasteiger partial charge on any atom is 0.255 e. The van der Waals surface area contributed by atoms with Crippen LogP contribution in [0.3, 0.4) is 0 Å². The highest BCUT2D eigenvalue weighted by atomic mass is 19.3. The number of nitrogens with two attached hydrogens (primary N) is 1. The number of hydrogen-bond acceptors (Lipinski definition) is 5. The molecule has 1 aliphatic heterocycles. The third-order valence-corrected chi connectivity index (χ3v) is 4.72. The topological polar surface area (TPSA) is 98.2 Å². The Balaban J connectivity index is 1.73. The summed E-state index contributed by atoms with van der Waals surface area (Å²) in [7, 11) is 0. The van der Waals surface area contributed by atoms with Gasteiger partial charge in [-0.15, -0.1) is 0 Å². The van der Waals surface area contributed by atoms with Gasteiger partial charge in [-0.1, -0.05) is 6.07 Å².